The summed E-state index contributed by atoms with van der Waals surface area (Å²) in [4.78, 5) is 4.34. The van der Waals surface area contributed by atoms with Crippen LogP contribution in [0.5, 0.6) is 11.6 Å². The first-order valence-electron chi connectivity index (χ1n) is 10.8. The zero-order valence-corrected chi connectivity index (χ0v) is 20.1. The summed E-state index contributed by atoms with van der Waals surface area (Å²) < 4.78 is 36.1. The van der Waals surface area contributed by atoms with Gasteiger partial charge in [0.05, 0.1) is 11.2 Å². The van der Waals surface area contributed by atoms with E-state index < -0.39 is 10.0 Å². The first kappa shape index (κ1) is 22.5. The number of sulfonamides is 1. The lowest BCUT2D eigenvalue weighted by atomic mass is 10.2. The van der Waals surface area contributed by atoms with Gasteiger partial charge in [-0.15, -0.1) is 10.2 Å². The van der Waals surface area contributed by atoms with Crippen LogP contribution in [-0.4, -0.2) is 33.4 Å². The van der Waals surface area contributed by atoms with Crippen molar-refractivity contribution in [1.82, 2.24) is 25.0 Å². The number of fused-ring (bicyclic) bond motifs is 1. The number of nitrogens with one attached hydrogen (secondary N) is 1. The van der Waals surface area contributed by atoms with E-state index in [2.05, 4.69) is 25.0 Å². The lowest BCUT2D eigenvalue weighted by molar-refractivity contribution is 0.454. The molecule has 2 aromatic carbocycles. The maximum Gasteiger partial charge on any atom is 0.264 e. The summed E-state index contributed by atoms with van der Waals surface area (Å²) in [6.45, 7) is 5.95. The Balaban J connectivity index is 1.30. The van der Waals surface area contributed by atoms with Crippen LogP contribution in [0.25, 0.3) is 16.7 Å². The number of hydrogen-bond acceptors (Lipinski definition) is 7. The Morgan fingerprint density at radius 2 is 1.66 bits per heavy atom. The highest BCUT2D eigenvalue weighted by molar-refractivity contribution is 7.93. The molecule has 0 fully saturated rings. The Hall–Kier alpha value is -4.31. The molecule has 0 radical (unpaired) electrons. The van der Waals surface area contributed by atoms with Crippen molar-refractivity contribution < 1.29 is 13.2 Å². The molecule has 0 aliphatic rings. The average molecular weight is 487 g/mol. The van der Waals surface area contributed by atoms with Gasteiger partial charge in [-0.1, -0.05) is 18.2 Å². The van der Waals surface area contributed by atoms with Gasteiger partial charge in [-0.2, -0.15) is 5.10 Å². The van der Waals surface area contributed by atoms with E-state index >= 15 is 0 Å². The number of para-hydroxylation sites is 1. The fourth-order valence-corrected chi connectivity index (χ4v) is 4.88. The Kier molecular flexibility index (Phi) is 5.65. The highest BCUT2D eigenvalue weighted by Crippen LogP contribution is 2.26. The van der Waals surface area contributed by atoms with Crippen molar-refractivity contribution in [2.24, 2.45) is 0 Å². The minimum Gasteiger partial charge on any atom is -0.438 e. The summed E-state index contributed by atoms with van der Waals surface area (Å²) in [5.74, 6) is 1.39. The number of benzene rings is 2. The van der Waals surface area contributed by atoms with Crippen molar-refractivity contribution in [3.05, 3.63) is 89.9 Å². The van der Waals surface area contributed by atoms with E-state index in [0.717, 1.165) is 22.3 Å². The molecule has 0 saturated heterocycles. The SMILES string of the molecule is Cc1nn(-c2ccc(Oc3ccc(NS(=O)(=O)c4cccc5cccnc45)cc3)nn2)c(C)c1C. The molecule has 0 spiro atoms. The van der Waals surface area contributed by atoms with E-state index in [-0.39, 0.29) is 4.90 Å². The van der Waals surface area contributed by atoms with Crippen molar-refractivity contribution in [2.45, 2.75) is 25.7 Å². The van der Waals surface area contributed by atoms with Crippen LogP contribution in [-0.2, 0) is 10.0 Å². The first-order valence-corrected chi connectivity index (χ1v) is 12.3. The summed E-state index contributed by atoms with van der Waals surface area (Å²) >= 11 is 0. The van der Waals surface area contributed by atoms with Gasteiger partial charge in [0, 0.05) is 29.0 Å². The molecule has 35 heavy (non-hydrogen) atoms. The van der Waals surface area contributed by atoms with Crippen molar-refractivity contribution in [1.29, 1.82) is 0 Å². The third-order valence-corrected chi connectivity index (χ3v) is 7.12. The van der Waals surface area contributed by atoms with Crippen molar-refractivity contribution in [2.75, 3.05) is 4.72 Å². The zero-order chi connectivity index (χ0) is 24.6. The summed E-state index contributed by atoms with van der Waals surface area (Å²) in [5.41, 5.74) is 3.87. The van der Waals surface area contributed by atoms with E-state index in [1.807, 2.05) is 32.9 Å². The molecule has 0 amide bonds. The lowest BCUT2D eigenvalue weighted by Gasteiger charge is -2.11. The third kappa shape index (κ3) is 4.43. The number of anilines is 1. The Bertz CT molecular complexity index is 1620. The number of hydrogen-bond donors (Lipinski definition) is 1. The molecule has 5 rings (SSSR count). The maximum atomic E-state index is 13.0. The van der Waals surface area contributed by atoms with Gasteiger partial charge in [-0.05, 0) is 68.8 Å². The van der Waals surface area contributed by atoms with E-state index in [1.54, 1.807) is 59.4 Å². The van der Waals surface area contributed by atoms with E-state index in [1.165, 1.54) is 6.07 Å². The number of nitrogens with zero attached hydrogens (tertiary/aromatic N) is 5. The highest BCUT2D eigenvalue weighted by Gasteiger charge is 2.18. The minimum absolute atomic E-state index is 0.115. The Labute approximate surface area is 202 Å². The second-order valence-electron chi connectivity index (χ2n) is 8.00. The number of pyridine rings is 1. The average Bonchev–Trinajstić information content (AvgIpc) is 3.12. The van der Waals surface area contributed by atoms with E-state index in [9.17, 15) is 8.42 Å². The van der Waals surface area contributed by atoms with Crippen molar-refractivity contribution in [3.63, 3.8) is 0 Å². The molecule has 9 nitrogen and oxygen atoms in total. The molecule has 3 heterocycles. The molecule has 0 aliphatic heterocycles. The van der Waals surface area contributed by atoms with Crippen LogP contribution in [0.1, 0.15) is 17.0 Å². The number of aromatic nitrogens is 5. The monoisotopic (exact) mass is 486 g/mol. The number of rotatable bonds is 6. The van der Waals surface area contributed by atoms with Gasteiger partial charge in [-0.3, -0.25) is 9.71 Å². The van der Waals surface area contributed by atoms with Gasteiger partial charge >= 0.3 is 0 Å². The molecule has 0 bridgehead atoms. The molecule has 176 valence electrons. The largest absolute Gasteiger partial charge is 0.438 e. The Morgan fingerprint density at radius 1 is 0.886 bits per heavy atom. The summed E-state index contributed by atoms with van der Waals surface area (Å²) in [6, 6.07) is 18.7. The van der Waals surface area contributed by atoms with Gasteiger partial charge in [0.25, 0.3) is 10.0 Å². The molecule has 0 atom stereocenters. The maximum absolute atomic E-state index is 13.0. The van der Waals surface area contributed by atoms with Gasteiger partial charge in [0.15, 0.2) is 5.82 Å². The smallest absolute Gasteiger partial charge is 0.264 e. The van der Waals surface area contributed by atoms with E-state index in [0.29, 0.717) is 28.7 Å². The number of ether oxygens (including phenoxy) is 1. The van der Waals surface area contributed by atoms with Crippen molar-refractivity contribution >= 4 is 26.6 Å². The van der Waals surface area contributed by atoms with Crippen LogP contribution in [0.4, 0.5) is 5.69 Å². The zero-order valence-electron chi connectivity index (χ0n) is 19.3. The van der Waals surface area contributed by atoms with Gasteiger partial charge in [0.1, 0.15) is 10.6 Å². The van der Waals surface area contributed by atoms with Crippen LogP contribution in [0.3, 0.4) is 0 Å². The van der Waals surface area contributed by atoms with Gasteiger partial charge < -0.3 is 4.74 Å². The second kappa shape index (κ2) is 8.80. The van der Waals surface area contributed by atoms with Crippen LogP contribution in [0, 0.1) is 20.8 Å². The quantitative estimate of drug-likeness (QED) is 0.369. The highest BCUT2D eigenvalue weighted by atomic mass is 32.2. The second-order valence-corrected chi connectivity index (χ2v) is 9.65. The molecule has 0 saturated carbocycles. The minimum atomic E-state index is -3.83. The Morgan fingerprint density at radius 3 is 2.34 bits per heavy atom. The van der Waals surface area contributed by atoms with Crippen LogP contribution < -0.4 is 9.46 Å². The summed E-state index contributed by atoms with van der Waals surface area (Å²) in [6.07, 6.45) is 1.57. The topological polar surface area (TPSA) is 112 Å². The van der Waals surface area contributed by atoms with Crippen LogP contribution in [0.2, 0.25) is 0 Å². The van der Waals surface area contributed by atoms with Crippen LogP contribution in [0.15, 0.2) is 77.8 Å². The molecule has 3 aromatic heterocycles. The van der Waals surface area contributed by atoms with Gasteiger partial charge in [-0.25, -0.2) is 13.1 Å². The molecular formula is C25H22N6O3S. The van der Waals surface area contributed by atoms with Crippen LogP contribution >= 0.6 is 0 Å². The fourth-order valence-electron chi connectivity index (χ4n) is 3.64. The van der Waals surface area contributed by atoms with Crippen molar-refractivity contribution in [3.8, 4) is 17.4 Å². The normalized spacial score (nSPS) is 11.5. The fraction of sp³-hybridized carbons (Fsp3) is 0.120. The predicted molar refractivity (Wildman–Crippen MR) is 132 cm³/mol. The van der Waals surface area contributed by atoms with E-state index in [4.69, 9.17) is 4.74 Å². The predicted octanol–water partition coefficient (Wildman–Crippen LogP) is 4.73. The molecule has 0 unspecified atom stereocenters. The third-order valence-electron chi connectivity index (χ3n) is 5.71. The molecule has 5 aromatic rings. The molecule has 10 heteroatoms. The lowest BCUT2D eigenvalue weighted by Crippen LogP contribution is -2.13. The first-order chi connectivity index (χ1) is 16.8. The molecule has 0 aliphatic carbocycles. The van der Waals surface area contributed by atoms with Gasteiger partial charge in [0.2, 0.25) is 5.88 Å². The number of aryl methyl sites for hydroxylation is 1. The molecular weight excluding hydrogens is 464 g/mol. The standard InChI is InChI=1S/C25H22N6O3S/c1-16-17(2)29-31(18(16)3)23-13-14-24(28-27-23)34-21-11-9-20(10-12-21)30-35(32,33)22-8-4-6-19-7-5-15-26-25(19)22/h4-15,30H,1-3H3. The summed E-state index contributed by atoms with van der Waals surface area (Å²) in [5, 5.41) is 13.6. The summed E-state index contributed by atoms with van der Waals surface area (Å²) in [7, 11) is -3.83. The molecule has 1 N–H and O–H groups in total.